The van der Waals surface area contributed by atoms with Crippen LogP contribution in [-0.2, 0) is 32.7 Å². The van der Waals surface area contributed by atoms with Crippen LogP contribution in [0.3, 0.4) is 0 Å². The molecule has 0 spiro atoms. The van der Waals surface area contributed by atoms with Gasteiger partial charge in [-0.1, -0.05) is 24.6 Å². The van der Waals surface area contributed by atoms with Crippen LogP contribution in [0.4, 0.5) is 0 Å². The quantitative estimate of drug-likeness (QED) is 0.443. The second kappa shape index (κ2) is 8.09. The molecule has 7 nitrogen and oxygen atoms in total. The molecule has 0 unspecified atom stereocenters. The van der Waals surface area contributed by atoms with Gasteiger partial charge in [0.1, 0.15) is 4.83 Å². The van der Waals surface area contributed by atoms with E-state index in [9.17, 15) is 14.4 Å². The molecule has 0 saturated heterocycles. The van der Waals surface area contributed by atoms with E-state index in [4.69, 9.17) is 4.98 Å². The zero-order chi connectivity index (χ0) is 21.7. The molecule has 3 heterocycles. The van der Waals surface area contributed by atoms with Crippen molar-refractivity contribution < 1.29 is 0 Å². The molecule has 9 heteroatoms. The van der Waals surface area contributed by atoms with Gasteiger partial charge >= 0.3 is 5.69 Å². The van der Waals surface area contributed by atoms with Gasteiger partial charge in [-0.2, -0.15) is 0 Å². The molecule has 2 aliphatic rings. The minimum Gasteiger partial charge on any atom is -0.300 e. The largest absolute Gasteiger partial charge is 0.330 e. The molecule has 5 rings (SSSR count). The number of nitrogens with zero attached hydrogens (tertiary/aromatic N) is 4. The zero-order valence-electron chi connectivity index (χ0n) is 17.8. The van der Waals surface area contributed by atoms with E-state index in [1.165, 1.54) is 46.3 Å². The summed E-state index contributed by atoms with van der Waals surface area (Å²) in [6.07, 6.45) is 8.57. The van der Waals surface area contributed by atoms with Gasteiger partial charge in [-0.25, -0.2) is 9.78 Å². The Labute approximate surface area is 187 Å². The highest BCUT2D eigenvalue weighted by Gasteiger charge is 2.27. The minimum atomic E-state index is -0.342. The first-order valence-corrected chi connectivity index (χ1v) is 12.7. The lowest BCUT2D eigenvalue weighted by atomic mass is 9.97. The van der Waals surface area contributed by atoms with Crippen LogP contribution in [0, 0.1) is 0 Å². The number of thioether (sulfide) groups is 1. The predicted molar refractivity (Wildman–Crippen MR) is 125 cm³/mol. The van der Waals surface area contributed by atoms with E-state index in [-0.39, 0.29) is 22.9 Å². The molecule has 164 valence electrons. The lowest BCUT2D eigenvalue weighted by Crippen LogP contribution is -2.37. The Morgan fingerprint density at radius 2 is 1.81 bits per heavy atom. The highest BCUT2D eigenvalue weighted by Crippen LogP contribution is 2.37. The molecular formula is C22H26N4O3S2. The Morgan fingerprint density at radius 1 is 1.06 bits per heavy atom. The highest BCUT2D eigenvalue weighted by atomic mass is 32.2. The van der Waals surface area contributed by atoms with E-state index in [1.54, 1.807) is 18.4 Å². The summed E-state index contributed by atoms with van der Waals surface area (Å²) < 4.78 is 4.51. The number of hydrogen-bond acceptors (Lipinski definition) is 6. The maximum Gasteiger partial charge on any atom is 0.330 e. The fourth-order valence-electron chi connectivity index (χ4n) is 4.84. The second-order valence-electron chi connectivity index (χ2n) is 8.56. The SMILES string of the molecule is Cn1c(CSc2nc3sc4c(c3c(=O)n2C2CCCC2)CCCC4)cc(=O)n(C)c1=O. The first kappa shape index (κ1) is 20.8. The molecule has 1 saturated carbocycles. The van der Waals surface area contributed by atoms with Crippen molar-refractivity contribution in [2.75, 3.05) is 0 Å². The van der Waals surface area contributed by atoms with Crippen molar-refractivity contribution in [1.29, 1.82) is 0 Å². The number of aromatic nitrogens is 4. The molecule has 0 bridgehead atoms. The maximum absolute atomic E-state index is 13.7. The van der Waals surface area contributed by atoms with Crippen LogP contribution in [0.25, 0.3) is 10.2 Å². The zero-order valence-corrected chi connectivity index (χ0v) is 19.5. The van der Waals surface area contributed by atoms with Crippen molar-refractivity contribution >= 4 is 33.3 Å². The number of fused-ring (bicyclic) bond motifs is 3. The van der Waals surface area contributed by atoms with Crippen molar-refractivity contribution in [3.8, 4) is 0 Å². The second-order valence-corrected chi connectivity index (χ2v) is 10.6. The average molecular weight is 459 g/mol. The van der Waals surface area contributed by atoms with Gasteiger partial charge in [-0.05, 0) is 44.1 Å². The van der Waals surface area contributed by atoms with Gasteiger partial charge in [0.2, 0.25) is 0 Å². The smallest absolute Gasteiger partial charge is 0.300 e. The van der Waals surface area contributed by atoms with Crippen LogP contribution in [0.15, 0.2) is 25.6 Å². The molecule has 0 aromatic carbocycles. The maximum atomic E-state index is 13.7. The lowest BCUT2D eigenvalue weighted by molar-refractivity contribution is 0.457. The van der Waals surface area contributed by atoms with E-state index in [0.29, 0.717) is 16.6 Å². The van der Waals surface area contributed by atoms with E-state index >= 15 is 0 Å². The van der Waals surface area contributed by atoms with E-state index in [0.717, 1.165) is 59.7 Å². The fourth-order valence-corrected chi connectivity index (χ4v) is 7.23. The summed E-state index contributed by atoms with van der Waals surface area (Å²) >= 11 is 3.11. The van der Waals surface area contributed by atoms with Gasteiger partial charge in [0.05, 0.1) is 5.39 Å². The van der Waals surface area contributed by atoms with Gasteiger partial charge in [-0.3, -0.25) is 23.3 Å². The molecular weight excluding hydrogens is 432 g/mol. The number of aryl methyl sites for hydroxylation is 2. The summed E-state index contributed by atoms with van der Waals surface area (Å²) in [5, 5.41) is 1.54. The van der Waals surface area contributed by atoms with Crippen molar-refractivity contribution in [1.82, 2.24) is 18.7 Å². The van der Waals surface area contributed by atoms with Crippen LogP contribution in [0.5, 0.6) is 0 Å². The number of thiophene rings is 1. The van der Waals surface area contributed by atoms with Crippen molar-refractivity contribution in [2.45, 2.75) is 68.3 Å². The molecule has 0 atom stereocenters. The van der Waals surface area contributed by atoms with Crippen molar-refractivity contribution in [3.05, 3.63) is 53.4 Å². The van der Waals surface area contributed by atoms with E-state index in [2.05, 4.69) is 0 Å². The fraction of sp³-hybridized carbons (Fsp3) is 0.545. The van der Waals surface area contributed by atoms with E-state index < -0.39 is 0 Å². The summed E-state index contributed by atoms with van der Waals surface area (Å²) in [6.45, 7) is 0. The number of rotatable bonds is 4. The van der Waals surface area contributed by atoms with Gasteiger partial charge in [0.15, 0.2) is 5.16 Å². The van der Waals surface area contributed by atoms with Crippen LogP contribution in [0.1, 0.15) is 60.7 Å². The summed E-state index contributed by atoms with van der Waals surface area (Å²) in [4.78, 5) is 45.2. The van der Waals surface area contributed by atoms with Crippen LogP contribution < -0.4 is 16.8 Å². The topological polar surface area (TPSA) is 78.9 Å². The summed E-state index contributed by atoms with van der Waals surface area (Å²) in [7, 11) is 3.15. The Hall–Kier alpha value is -2.13. The van der Waals surface area contributed by atoms with Gasteiger partial charge in [0.25, 0.3) is 11.1 Å². The molecule has 0 amide bonds. The average Bonchev–Trinajstić information content (AvgIpc) is 3.41. The van der Waals surface area contributed by atoms with Gasteiger partial charge in [-0.15, -0.1) is 11.3 Å². The molecule has 0 aliphatic heterocycles. The first-order chi connectivity index (χ1) is 15.0. The third-order valence-corrected chi connectivity index (χ3v) is 8.82. The van der Waals surface area contributed by atoms with Crippen molar-refractivity contribution in [2.24, 2.45) is 14.1 Å². The predicted octanol–water partition coefficient (Wildman–Crippen LogP) is 3.14. The Balaban J connectivity index is 1.61. The van der Waals surface area contributed by atoms with Gasteiger partial charge in [0, 0.05) is 42.5 Å². The minimum absolute atomic E-state index is 0.0941. The standard InChI is InChI=1S/C22H26N4O3S2/c1-24-14(11-17(27)25(2)22(24)29)12-30-21-23-19-18(15-9-5-6-10-16(15)31-19)20(28)26(21)13-7-3-4-8-13/h11,13H,3-10,12H2,1-2H3. The van der Waals surface area contributed by atoms with Crippen LogP contribution in [-0.4, -0.2) is 18.7 Å². The summed E-state index contributed by atoms with van der Waals surface area (Å²) in [5.41, 5.74) is 1.29. The molecule has 0 radical (unpaired) electrons. The highest BCUT2D eigenvalue weighted by molar-refractivity contribution is 7.98. The van der Waals surface area contributed by atoms with Crippen molar-refractivity contribution in [3.63, 3.8) is 0 Å². The molecule has 2 aliphatic carbocycles. The lowest BCUT2D eigenvalue weighted by Gasteiger charge is -2.19. The van der Waals surface area contributed by atoms with Crippen LogP contribution in [0.2, 0.25) is 0 Å². The summed E-state index contributed by atoms with van der Waals surface area (Å²) in [5.74, 6) is 0.414. The van der Waals surface area contributed by atoms with E-state index in [1.807, 2.05) is 4.57 Å². The Bertz CT molecular complexity index is 1340. The molecule has 31 heavy (non-hydrogen) atoms. The number of hydrogen-bond donors (Lipinski definition) is 0. The molecule has 1 fully saturated rings. The van der Waals surface area contributed by atoms with Gasteiger partial charge < -0.3 is 0 Å². The monoisotopic (exact) mass is 458 g/mol. The Kier molecular flexibility index (Phi) is 5.42. The normalized spacial score (nSPS) is 16.8. The molecule has 3 aromatic rings. The third kappa shape index (κ3) is 3.51. The molecule has 0 N–H and O–H groups in total. The van der Waals surface area contributed by atoms with Crippen LogP contribution >= 0.6 is 23.1 Å². The molecule has 3 aromatic heterocycles. The summed E-state index contributed by atoms with van der Waals surface area (Å²) in [6, 6.07) is 1.67. The third-order valence-electron chi connectivity index (χ3n) is 6.65. The first-order valence-electron chi connectivity index (χ1n) is 10.9. The Morgan fingerprint density at radius 3 is 2.58 bits per heavy atom.